The number of ether oxygens (including phenoxy) is 1. The lowest BCUT2D eigenvalue weighted by Crippen LogP contribution is -2.69. The van der Waals surface area contributed by atoms with Crippen LogP contribution >= 0.6 is 0 Å². The van der Waals surface area contributed by atoms with Crippen molar-refractivity contribution >= 4 is 5.78 Å². The second-order valence-corrected chi connectivity index (χ2v) is 23.5. The van der Waals surface area contributed by atoms with Crippen LogP contribution in [0.1, 0.15) is 150 Å². The Bertz CT molecular complexity index is 1910. The SMILES string of the molecule is CCCC1CCC2OC(C(O)C(C)(O)C3CCC4(O)C5=C(NCC(C)O)C(=O)C6CC(O)C(O)CC67CC(C6=C(CCCO)NC(N)C=C6)C=CC(CC34C3CCCCC3)C57)C(C)C2CC1. The Labute approximate surface area is 394 Å². The largest absolute Gasteiger partial charge is 0.396 e. The van der Waals surface area contributed by atoms with E-state index in [4.69, 9.17) is 10.5 Å². The van der Waals surface area contributed by atoms with E-state index >= 15 is 4.79 Å². The first-order chi connectivity index (χ1) is 31.5. The van der Waals surface area contributed by atoms with Gasteiger partial charge in [-0.25, -0.2) is 0 Å². The summed E-state index contributed by atoms with van der Waals surface area (Å²) in [5.41, 5.74) is 4.33. The highest BCUT2D eigenvalue weighted by atomic mass is 16.5. The van der Waals surface area contributed by atoms with Crippen molar-refractivity contribution in [2.75, 3.05) is 13.2 Å². The normalized spacial score (nSPS) is 45.5. The Morgan fingerprint density at radius 3 is 2.48 bits per heavy atom. The molecule has 9 aliphatic rings. The number of carbonyl (C=O) groups excluding carboxylic acids is 1. The fourth-order valence-electron chi connectivity index (χ4n) is 17.1. The molecule has 1 spiro atoms. The molecule has 19 unspecified atom stereocenters. The topological polar surface area (TPSA) is 218 Å². The first-order valence-corrected chi connectivity index (χ1v) is 26.6. The van der Waals surface area contributed by atoms with E-state index in [-0.39, 0.29) is 67.7 Å². The number of aliphatic hydroxyl groups is 7. The first kappa shape index (κ1) is 48.9. The number of aliphatic hydroxyl groups excluding tert-OH is 5. The summed E-state index contributed by atoms with van der Waals surface area (Å²) < 4.78 is 6.92. The van der Waals surface area contributed by atoms with Crippen LogP contribution in [0.15, 0.2) is 46.8 Å². The van der Waals surface area contributed by atoms with E-state index in [0.717, 1.165) is 62.6 Å². The highest BCUT2D eigenvalue weighted by molar-refractivity contribution is 6.00. The molecular formula is C54H85N3O9. The van der Waals surface area contributed by atoms with Gasteiger partial charge in [0.2, 0.25) is 0 Å². The average Bonchev–Trinajstić information content (AvgIpc) is 3.62. The summed E-state index contributed by atoms with van der Waals surface area (Å²) in [6.45, 7) is 8.06. The molecule has 2 aliphatic heterocycles. The molecule has 1 saturated heterocycles. The Kier molecular flexibility index (Phi) is 14.0. The number of fused-ring (bicyclic) bond motifs is 3. The zero-order chi connectivity index (χ0) is 46.9. The fraction of sp³-hybridized carbons (Fsp3) is 0.833. The first-order valence-electron chi connectivity index (χ1n) is 26.6. The van der Waals surface area contributed by atoms with Gasteiger partial charge in [-0.15, -0.1) is 0 Å². The van der Waals surface area contributed by atoms with Crippen molar-refractivity contribution < 1.29 is 45.3 Å². The van der Waals surface area contributed by atoms with Gasteiger partial charge in [0, 0.05) is 36.1 Å². The molecule has 6 fully saturated rings. The van der Waals surface area contributed by atoms with Crippen LogP contribution in [0.3, 0.4) is 0 Å². The van der Waals surface area contributed by atoms with Crippen molar-refractivity contribution in [2.24, 2.45) is 69.8 Å². The van der Waals surface area contributed by atoms with Crippen LogP contribution in [0.5, 0.6) is 0 Å². The molecule has 0 bridgehead atoms. The molecule has 12 nitrogen and oxygen atoms in total. The van der Waals surface area contributed by atoms with E-state index < -0.39 is 70.3 Å². The smallest absolute Gasteiger partial charge is 0.182 e. The van der Waals surface area contributed by atoms with Crippen LogP contribution in [0.4, 0.5) is 0 Å². The lowest BCUT2D eigenvalue weighted by molar-refractivity contribution is -0.225. The second kappa shape index (κ2) is 18.9. The second-order valence-electron chi connectivity index (χ2n) is 23.5. The number of allylic oxidation sites excluding steroid dienone is 6. The number of nitrogens with one attached hydrogen (secondary N) is 2. The van der Waals surface area contributed by atoms with Crippen LogP contribution in [-0.4, -0.2) is 109 Å². The van der Waals surface area contributed by atoms with E-state index in [1.165, 1.54) is 19.3 Å². The number of ketones is 1. The number of rotatable bonds is 13. The van der Waals surface area contributed by atoms with Crippen molar-refractivity contribution in [2.45, 2.75) is 204 Å². The third-order valence-corrected chi connectivity index (χ3v) is 19.9. The molecule has 7 aliphatic carbocycles. The molecule has 11 N–H and O–H groups in total. The van der Waals surface area contributed by atoms with Crippen LogP contribution in [0, 0.1) is 64.1 Å². The third-order valence-electron chi connectivity index (χ3n) is 19.9. The number of hydrogen-bond donors (Lipinski definition) is 10. The molecule has 9 rings (SSSR count). The summed E-state index contributed by atoms with van der Waals surface area (Å²) in [7, 11) is 0. The standard InChI is InChI=1S/C54H85N3O9/c1-5-10-32-14-18-36-31(3)49(66-42(36)20-15-32)50(63)51(4,64)43-22-23-54(65)46-45-34(27-53(43,54)35-11-7-6-8-12-35)17-16-33(37-19-21-44(55)57-39(37)13-9-24-58)26-52(45)28-41(61)40(60)25-38(52)48(62)47(46)56-29-30(2)59/h16-17,19,21,30-36,38,40-45,49-50,56-61,63-65H,5-15,18,20,22-29,55H2,1-4H3. The van der Waals surface area contributed by atoms with Gasteiger partial charge in [0.25, 0.3) is 0 Å². The molecule has 0 radical (unpaired) electrons. The summed E-state index contributed by atoms with van der Waals surface area (Å²) >= 11 is 0. The fourth-order valence-corrected chi connectivity index (χ4v) is 17.1. The Balaban J connectivity index is 1.20. The lowest BCUT2D eigenvalue weighted by Gasteiger charge is -2.66. The Morgan fingerprint density at radius 1 is 1.00 bits per heavy atom. The van der Waals surface area contributed by atoms with E-state index in [0.29, 0.717) is 61.6 Å². The van der Waals surface area contributed by atoms with Crippen molar-refractivity contribution in [3.63, 3.8) is 0 Å². The number of Topliss-reactive ketones (excluding diaryl/α,β-unsaturated/α-hetero) is 1. The molecule has 2 heterocycles. The van der Waals surface area contributed by atoms with Crippen LogP contribution < -0.4 is 16.4 Å². The summed E-state index contributed by atoms with van der Waals surface area (Å²) in [4.78, 5) is 15.7. The van der Waals surface area contributed by atoms with Gasteiger partial charge in [-0.1, -0.05) is 70.6 Å². The van der Waals surface area contributed by atoms with Crippen molar-refractivity contribution in [3.05, 3.63) is 46.8 Å². The van der Waals surface area contributed by atoms with E-state index in [9.17, 15) is 35.7 Å². The average molecular weight is 920 g/mol. The summed E-state index contributed by atoms with van der Waals surface area (Å²) in [5, 5.41) is 91.6. The molecule has 0 amide bonds. The minimum absolute atomic E-state index is 0.00726. The molecule has 12 heteroatoms. The van der Waals surface area contributed by atoms with Gasteiger partial charge in [-0.05, 0) is 161 Å². The van der Waals surface area contributed by atoms with Gasteiger partial charge >= 0.3 is 0 Å². The maximum atomic E-state index is 15.7. The van der Waals surface area contributed by atoms with Crippen LogP contribution in [-0.2, 0) is 9.53 Å². The molecule has 0 aromatic carbocycles. The maximum absolute atomic E-state index is 15.7. The van der Waals surface area contributed by atoms with Gasteiger partial charge < -0.3 is 56.8 Å². The Morgan fingerprint density at radius 2 is 1.76 bits per heavy atom. The van der Waals surface area contributed by atoms with Gasteiger partial charge in [0.1, 0.15) is 6.10 Å². The lowest BCUT2D eigenvalue weighted by atomic mass is 9.39. The highest BCUT2D eigenvalue weighted by Crippen LogP contribution is 2.75. The van der Waals surface area contributed by atoms with Gasteiger partial charge in [-0.2, -0.15) is 0 Å². The molecule has 66 heavy (non-hydrogen) atoms. The predicted octanol–water partition coefficient (Wildman–Crippen LogP) is 5.42. The molecule has 19 atom stereocenters. The maximum Gasteiger partial charge on any atom is 0.182 e. The van der Waals surface area contributed by atoms with Gasteiger partial charge in [0.15, 0.2) is 5.78 Å². The summed E-state index contributed by atoms with van der Waals surface area (Å²) in [6.07, 6.45) is 18.2. The number of carbonyl (C=O) groups is 1. The van der Waals surface area contributed by atoms with Crippen LogP contribution in [0.2, 0.25) is 0 Å². The van der Waals surface area contributed by atoms with Gasteiger partial charge in [-0.3, -0.25) is 4.79 Å². The van der Waals surface area contributed by atoms with E-state index in [1.807, 2.05) is 13.0 Å². The molecular weight excluding hydrogens is 835 g/mol. The molecule has 370 valence electrons. The zero-order valence-electron chi connectivity index (χ0n) is 40.4. The van der Waals surface area contributed by atoms with E-state index in [2.05, 4.69) is 42.7 Å². The van der Waals surface area contributed by atoms with Crippen molar-refractivity contribution in [3.8, 4) is 0 Å². The quantitative estimate of drug-likeness (QED) is 0.105. The van der Waals surface area contributed by atoms with E-state index in [1.54, 1.807) is 6.92 Å². The Hall–Kier alpha value is -2.13. The highest BCUT2D eigenvalue weighted by Gasteiger charge is 2.76. The van der Waals surface area contributed by atoms with Crippen molar-refractivity contribution in [1.82, 2.24) is 10.6 Å². The number of dihydropyridines is 1. The molecule has 0 aromatic rings. The summed E-state index contributed by atoms with van der Waals surface area (Å²) in [5.74, 6) is -1.18. The number of nitrogens with two attached hydrogens (primary N) is 1. The molecule has 5 saturated carbocycles. The minimum atomic E-state index is -1.65. The third kappa shape index (κ3) is 7.94. The minimum Gasteiger partial charge on any atom is -0.396 e. The number of hydrogen-bond acceptors (Lipinski definition) is 12. The zero-order valence-corrected chi connectivity index (χ0v) is 40.4. The predicted molar refractivity (Wildman–Crippen MR) is 253 cm³/mol. The van der Waals surface area contributed by atoms with Gasteiger partial charge in [0.05, 0.1) is 53.6 Å². The van der Waals surface area contributed by atoms with Crippen LogP contribution in [0.25, 0.3) is 0 Å². The summed E-state index contributed by atoms with van der Waals surface area (Å²) in [6, 6.07) is 0. The molecule has 0 aromatic heterocycles. The monoisotopic (exact) mass is 920 g/mol. The van der Waals surface area contributed by atoms with Crippen molar-refractivity contribution in [1.29, 1.82) is 0 Å².